The average Bonchev–Trinajstić information content (AvgIpc) is 2.70. The molecule has 2 aromatic carbocycles. The van der Waals surface area contributed by atoms with Gasteiger partial charge in [-0.3, -0.25) is 4.90 Å². The highest BCUT2D eigenvalue weighted by molar-refractivity contribution is 5.26. The molecule has 28 heavy (non-hydrogen) atoms. The zero-order valence-electron chi connectivity index (χ0n) is 15.9. The van der Waals surface area contributed by atoms with Crippen molar-refractivity contribution in [2.24, 2.45) is 0 Å². The van der Waals surface area contributed by atoms with Crippen molar-refractivity contribution in [2.75, 3.05) is 19.6 Å². The molecule has 0 spiro atoms. The first-order valence-electron chi connectivity index (χ1n) is 9.69. The highest BCUT2D eigenvalue weighted by atomic mass is 16.6. The molecule has 7 nitrogen and oxygen atoms in total. The number of hydrogen-bond donors (Lipinski definition) is 3. The maximum absolute atomic E-state index is 11.5. The largest absolute Gasteiger partial charge is 0.310 e. The molecule has 3 N–H and O–H groups in total. The van der Waals surface area contributed by atoms with Gasteiger partial charge in [0.2, 0.25) is 0 Å². The van der Waals surface area contributed by atoms with Crippen LogP contribution in [0.3, 0.4) is 0 Å². The lowest BCUT2D eigenvalue weighted by molar-refractivity contribution is -0.539. The van der Waals surface area contributed by atoms with Gasteiger partial charge in [-0.2, -0.15) is 0 Å². The van der Waals surface area contributed by atoms with Crippen LogP contribution in [0.15, 0.2) is 60.7 Å². The molecule has 0 aromatic heterocycles. The van der Waals surface area contributed by atoms with Crippen molar-refractivity contribution in [2.45, 2.75) is 36.8 Å². The van der Waals surface area contributed by atoms with Crippen LogP contribution in [0.1, 0.15) is 18.1 Å². The van der Waals surface area contributed by atoms with Crippen LogP contribution < -0.4 is 0 Å². The van der Waals surface area contributed by atoms with Crippen molar-refractivity contribution < 1.29 is 15.6 Å². The van der Waals surface area contributed by atoms with Crippen molar-refractivity contribution in [3.8, 4) is 0 Å². The molecule has 4 heterocycles. The summed E-state index contributed by atoms with van der Waals surface area (Å²) >= 11 is 0. The van der Waals surface area contributed by atoms with Gasteiger partial charge in [-0.15, -0.1) is 15.2 Å². The first kappa shape index (κ1) is 18.2. The van der Waals surface area contributed by atoms with Crippen LogP contribution in [0.2, 0.25) is 0 Å². The first-order valence-corrected chi connectivity index (χ1v) is 9.69. The lowest BCUT2D eigenvalue weighted by atomic mass is 9.78. The van der Waals surface area contributed by atoms with E-state index in [9.17, 15) is 15.6 Å². The lowest BCUT2D eigenvalue weighted by Gasteiger charge is -2.74. The molecule has 4 aliphatic heterocycles. The third-order valence-electron chi connectivity index (χ3n) is 6.63. The molecule has 0 radical (unpaired) electrons. The van der Waals surface area contributed by atoms with Crippen LogP contribution in [0, 0.1) is 0 Å². The lowest BCUT2D eigenvalue weighted by Crippen LogP contribution is -2.96. The van der Waals surface area contributed by atoms with Crippen LogP contribution in [0.4, 0.5) is 0 Å². The number of benzene rings is 2. The van der Waals surface area contributed by atoms with Crippen molar-refractivity contribution in [3.05, 3.63) is 71.8 Å². The monoisotopic (exact) mass is 382 g/mol. The minimum Gasteiger partial charge on any atom is -0.310 e. The number of piperazine rings is 3. The van der Waals surface area contributed by atoms with Crippen molar-refractivity contribution >= 4 is 0 Å². The predicted molar refractivity (Wildman–Crippen MR) is 101 cm³/mol. The van der Waals surface area contributed by atoms with E-state index in [1.807, 2.05) is 67.6 Å². The minimum atomic E-state index is -1.04. The summed E-state index contributed by atoms with van der Waals surface area (Å²) in [5.41, 5.74) is -1.06. The third-order valence-corrected chi connectivity index (χ3v) is 6.63. The normalized spacial score (nSPS) is 38.2. The molecule has 4 saturated heterocycles. The fraction of sp³-hybridized carbons (Fsp3) is 0.429. The van der Waals surface area contributed by atoms with E-state index in [2.05, 4.69) is 4.90 Å². The standard InChI is InChI=1S/C21H26N4O3/c1-19-14-22-15-20(23(19)26,12-17-8-4-2-5-9-17)25(28)21(16-22,24(19)27)13-18-10-6-3-7-11-18/h2-11,26-28H,12-16H2,1H3/t19?,20-,21+. The summed E-state index contributed by atoms with van der Waals surface area (Å²) in [4.78, 5) is 2.23. The summed E-state index contributed by atoms with van der Waals surface area (Å²) in [5, 5.41) is 37.5. The van der Waals surface area contributed by atoms with E-state index >= 15 is 0 Å². The molecule has 4 atom stereocenters. The summed E-state index contributed by atoms with van der Waals surface area (Å²) in [6, 6.07) is 19.7. The van der Waals surface area contributed by atoms with Gasteiger partial charge in [-0.1, -0.05) is 60.7 Å². The van der Waals surface area contributed by atoms with Gasteiger partial charge in [-0.05, 0) is 18.1 Å². The summed E-state index contributed by atoms with van der Waals surface area (Å²) in [7, 11) is 0. The highest BCUT2D eigenvalue weighted by Crippen LogP contribution is 2.52. The van der Waals surface area contributed by atoms with E-state index in [1.54, 1.807) is 0 Å². The fourth-order valence-corrected chi connectivity index (χ4v) is 5.52. The summed E-state index contributed by atoms with van der Waals surface area (Å²) < 4.78 is 0. The van der Waals surface area contributed by atoms with Gasteiger partial charge in [0.1, 0.15) is 17.0 Å². The van der Waals surface area contributed by atoms with E-state index in [0.717, 1.165) is 21.3 Å². The van der Waals surface area contributed by atoms with Gasteiger partial charge < -0.3 is 15.6 Å². The van der Waals surface area contributed by atoms with Gasteiger partial charge >= 0.3 is 0 Å². The fourth-order valence-electron chi connectivity index (χ4n) is 5.52. The first-order chi connectivity index (χ1) is 13.4. The van der Waals surface area contributed by atoms with Crippen LogP contribution in [0.5, 0.6) is 0 Å². The molecule has 4 fully saturated rings. The van der Waals surface area contributed by atoms with Gasteiger partial charge in [0, 0.05) is 32.5 Å². The molecule has 0 amide bonds. The Labute approximate surface area is 164 Å². The Bertz CT molecular complexity index is 801. The second kappa shape index (κ2) is 6.08. The third kappa shape index (κ3) is 2.29. The number of hydrogen-bond acceptors (Lipinski definition) is 7. The van der Waals surface area contributed by atoms with E-state index < -0.39 is 17.0 Å². The SMILES string of the molecule is CC12CN3C[C@@](Cc4ccccc4)(N1O)N(O)[C@](Cc1ccccc1)(C3)N2O. The second-order valence-electron chi connectivity index (χ2n) is 8.59. The smallest absolute Gasteiger partial charge is 0.141 e. The molecule has 4 bridgehead atoms. The van der Waals surface area contributed by atoms with E-state index in [4.69, 9.17) is 0 Å². The Balaban J connectivity index is 1.61. The van der Waals surface area contributed by atoms with Crippen LogP contribution in [-0.2, 0) is 12.8 Å². The number of nitrogens with zero attached hydrogens (tertiary/aromatic N) is 4. The van der Waals surface area contributed by atoms with E-state index in [1.165, 1.54) is 5.06 Å². The van der Waals surface area contributed by atoms with Crippen molar-refractivity contribution in [1.82, 2.24) is 20.1 Å². The molecule has 0 aliphatic carbocycles. The zero-order chi connectivity index (χ0) is 19.6. The molecule has 7 heteroatoms. The van der Waals surface area contributed by atoms with Crippen molar-refractivity contribution in [1.29, 1.82) is 0 Å². The van der Waals surface area contributed by atoms with E-state index in [0.29, 0.717) is 32.5 Å². The molecule has 0 saturated carbocycles. The number of hydroxylamine groups is 6. The molecular formula is C21H26N4O3. The van der Waals surface area contributed by atoms with Crippen molar-refractivity contribution in [3.63, 3.8) is 0 Å². The quantitative estimate of drug-likeness (QED) is 0.747. The molecule has 6 rings (SSSR count). The van der Waals surface area contributed by atoms with Crippen LogP contribution in [0.25, 0.3) is 0 Å². The Kier molecular flexibility index (Phi) is 3.95. The minimum absolute atomic E-state index is 0.442. The maximum Gasteiger partial charge on any atom is 0.141 e. The summed E-state index contributed by atoms with van der Waals surface area (Å²) in [5.74, 6) is 0. The topological polar surface area (TPSA) is 73.7 Å². The summed E-state index contributed by atoms with van der Waals surface area (Å²) in [6.07, 6.45) is 0.884. The zero-order valence-corrected chi connectivity index (χ0v) is 15.9. The van der Waals surface area contributed by atoms with Gasteiger partial charge in [0.05, 0.1) is 0 Å². The Morgan fingerprint density at radius 1 is 0.679 bits per heavy atom. The van der Waals surface area contributed by atoms with Crippen LogP contribution in [-0.4, -0.2) is 72.3 Å². The molecule has 2 aromatic rings. The molecular weight excluding hydrogens is 356 g/mol. The summed E-state index contributed by atoms with van der Waals surface area (Å²) in [6.45, 7) is 3.31. The van der Waals surface area contributed by atoms with Gasteiger partial charge in [-0.25, -0.2) is 0 Å². The van der Waals surface area contributed by atoms with Crippen LogP contribution >= 0.6 is 0 Å². The molecule has 2 unspecified atom stereocenters. The Morgan fingerprint density at radius 3 is 1.54 bits per heavy atom. The predicted octanol–water partition coefficient (Wildman–Crippen LogP) is 2.00. The molecule has 148 valence electrons. The molecule has 4 aliphatic rings. The van der Waals surface area contributed by atoms with Gasteiger partial charge in [0.25, 0.3) is 0 Å². The Hall–Kier alpha value is -1.84. The average molecular weight is 382 g/mol. The van der Waals surface area contributed by atoms with Gasteiger partial charge in [0.15, 0.2) is 0 Å². The second-order valence-corrected chi connectivity index (χ2v) is 8.59. The maximum atomic E-state index is 11.5. The van der Waals surface area contributed by atoms with E-state index in [-0.39, 0.29) is 0 Å². The Morgan fingerprint density at radius 2 is 1.11 bits per heavy atom. The number of rotatable bonds is 4. The highest BCUT2D eigenvalue weighted by Gasteiger charge is 2.74.